The number of nitrogens with zero attached hydrogens (tertiary/aromatic N) is 9. The van der Waals surface area contributed by atoms with Crippen LogP contribution in [-0.4, -0.2) is 268 Å². The summed E-state index contributed by atoms with van der Waals surface area (Å²) < 4.78 is 84.2. The maximum atomic E-state index is 15.6. The molecule has 0 aromatic rings. The number of fused-ring (bicyclic) bond motifs is 2. The van der Waals surface area contributed by atoms with E-state index in [4.69, 9.17) is 11.6 Å². The third-order valence-electron chi connectivity index (χ3n) is 24.4. The van der Waals surface area contributed by atoms with E-state index in [1.54, 1.807) is 25.7 Å². The fourth-order valence-electron chi connectivity index (χ4n) is 16.9. The number of amides is 12. The lowest BCUT2D eigenvalue weighted by Crippen LogP contribution is -2.65. The first-order valence-electron chi connectivity index (χ1n) is 38.4. The second-order valence-corrected chi connectivity index (χ2v) is 32.5. The van der Waals surface area contributed by atoms with Crippen molar-refractivity contribution in [2.75, 3.05) is 75.0 Å². The fraction of sp³-hybridized carbons (Fsp3) is 0.838. The Hall–Kier alpha value is -6.49. The Morgan fingerprint density at radius 1 is 0.571 bits per heavy atom. The van der Waals surface area contributed by atoms with Gasteiger partial charge in [-0.1, -0.05) is 67.2 Å². The quantitative estimate of drug-likeness (QED) is 0.129. The number of carbonyl (C=O) groups is 12. The molecular weight excluding hydrogens is 1400 g/mol. The summed E-state index contributed by atoms with van der Waals surface area (Å²) in [7, 11) is 8.25. The number of likely N-dealkylation sites (N-methyl/N-ethyl adjacent to an activating group) is 6. The zero-order chi connectivity index (χ0) is 78.1. The second kappa shape index (κ2) is 36.6. The van der Waals surface area contributed by atoms with Gasteiger partial charge in [-0.2, -0.15) is 26.3 Å². The summed E-state index contributed by atoms with van der Waals surface area (Å²) in [5.74, 6) is -14.0. The van der Waals surface area contributed by atoms with E-state index in [-0.39, 0.29) is 115 Å². The number of carbonyl (C=O) groups excluding carboxylic acids is 12. The van der Waals surface area contributed by atoms with Crippen LogP contribution in [0.15, 0.2) is 0 Å². The first-order valence-corrected chi connectivity index (χ1v) is 38.8. The number of nitrogens with one attached hydrogen (secondary N) is 3. The SMILES string of the molecule is CC[C@H](C)[C@@H]1NC(=O)[C@H](CC(C)C)N(C)C(=O)C[C@@H](C(=O)N2CCCCC2)N(C)C(=O)[C@H]([C@@H](C)CC)N(C)C(=O)C2(CCCC2)NC(=O)[C@@H]2CCCN2C(=O)[C@H](CCC2CCC(C(F)(F)F)C(Cl)C2)NC(=O)CN(C)C(=O)[C@H](CC2CCC(C(F)(F)F)CC2)N(C)C(=O)[C@@H]2CCN2C(=O)[C@H](C)N(C)C1=O. The molecule has 3 aliphatic carbocycles. The van der Waals surface area contributed by atoms with Crippen LogP contribution >= 0.6 is 11.6 Å². The van der Waals surface area contributed by atoms with Gasteiger partial charge in [0.15, 0.2) is 0 Å². The molecule has 4 aliphatic heterocycles. The molecule has 14 atom stereocenters. The van der Waals surface area contributed by atoms with E-state index in [0.29, 0.717) is 58.0 Å². The van der Waals surface area contributed by atoms with Gasteiger partial charge in [-0.05, 0) is 159 Å². The molecule has 0 bridgehead atoms. The van der Waals surface area contributed by atoms with Crippen LogP contribution in [0.2, 0.25) is 0 Å². The Morgan fingerprint density at radius 3 is 1.74 bits per heavy atom. The lowest BCUT2D eigenvalue weighted by molar-refractivity contribution is -0.184. The molecule has 0 aromatic heterocycles. The summed E-state index contributed by atoms with van der Waals surface area (Å²) >= 11 is 6.39. The minimum absolute atomic E-state index is 0.00444. The maximum Gasteiger partial charge on any atom is 0.393 e. The highest BCUT2D eigenvalue weighted by molar-refractivity contribution is 6.21. The standard InChI is InChI=1S/C74H117ClF6N12O12/c1-14-44(5)60-69(103)86(9)46(7)64(98)93-37-31-54(93)67(101)88(11)56(40-48-23-27-49(28-24-48)73(76,77)78)66(100)85(8)42-58(94)82-52(30-26-47-25-29-50(51(75)39-47)74(79,80)81)65(99)92-36-21-22-53(92)63(97)84-72(32-17-18-33-72)71(105)90(13)61(45(6)15-2)70(104)89(12)57(68(102)91-34-19-16-20-35-91)41-59(95)87(10)55(38-43(3)4)62(96)83-60/h43-57,60-61H,14-42H2,1-13H3,(H,82,94)(H,83,96)(H,84,97)/t44-,45-,46-,47?,48?,49?,50?,51?,52-,53-,54-,55-,56-,57-,60-,61-/m0/s1. The minimum Gasteiger partial charge on any atom is -0.343 e. The van der Waals surface area contributed by atoms with Crippen molar-refractivity contribution < 1.29 is 83.9 Å². The number of hydrogen-bond donors (Lipinski definition) is 3. The number of alkyl halides is 7. The van der Waals surface area contributed by atoms with Crippen LogP contribution in [0.3, 0.4) is 0 Å². The van der Waals surface area contributed by atoms with Gasteiger partial charge in [0, 0.05) is 73.8 Å². The van der Waals surface area contributed by atoms with E-state index < -0.39 is 197 Å². The van der Waals surface area contributed by atoms with Gasteiger partial charge in [0.25, 0.3) is 0 Å². The van der Waals surface area contributed by atoms with E-state index in [0.717, 1.165) is 21.1 Å². The van der Waals surface area contributed by atoms with Crippen molar-refractivity contribution in [1.82, 2.24) is 60.0 Å². The van der Waals surface area contributed by atoms with Gasteiger partial charge in [-0.25, -0.2) is 0 Å². The van der Waals surface area contributed by atoms with Crippen molar-refractivity contribution in [1.29, 1.82) is 0 Å². The van der Waals surface area contributed by atoms with Crippen molar-refractivity contribution in [3.05, 3.63) is 0 Å². The molecule has 4 saturated heterocycles. The van der Waals surface area contributed by atoms with Crippen LogP contribution in [0.5, 0.6) is 0 Å². The summed E-state index contributed by atoms with van der Waals surface area (Å²) in [6.45, 7) is 12.3. The van der Waals surface area contributed by atoms with E-state index in [2.05, 4.69) is 16.0 Å². The second-order valence-electron chi connectivity index (χ2n) is 31.9. The molecular formula is C74H117ClF6N12O12. The van der Waals surface area contributed by atoms with E-state index in [9.17, 15) is 50.3 Å². The van der Waals surface area contributed by atoms with Crippen LogP contribution in [0.25, 0.3) is 0 Å². The molecule has 24 nitrogen and oxygen atoms in total. The molecule has 3 saturated carbocycles. The number of piperidine rings is 1. The van der Waals surface area contributed by atoms with Gasteiger partial charge in [0.1, 0.15) is 59.9 Å². The third-order valence-corrected chi connectivity index (χ3v) is 24.9. The molecule has 594 valence electrons. The number of hydrogen-bond acceptors (Lipinski definition) is 12. The maximum absolute atomic E-state index is 15.6. The first-order chi connectivity index (χ1) is 49.2. The molecule has 0 aromatic carbocycles. The Kier molecular flexibility index (Phi) is 29.9. The summed E-state index contributed by atoms with van der Waals surface area (Å²) in [6.07, 6.45) is -5.68. The van der Waals surface area contributed by atoms with Gasteiger partial charge >= 0.3 is 12.4 Å². The van der Waals surface area contributed by atoms with Crippen molar-refractivity contribution in [2.45, 2.75) is 280 Å². The Labute approximate surface area is 620 Å². The van der Waals surface area contributed by atoms with Crippen LogP contribution in [0.4, 0.5) is 26.3 Å². The highest BCUT2D eigenvalue weighted by Crippen LogP contribution is 2.45. The smallest absolute Gasteiger partial charge is 0.343 e. The molecule has 0 radical (unpaired) electrons. The topological polar surface area (TPSA) is 270 Å². The van der Waals surface area contributed by atoms with Crippen LogP contribution in [0.1, 0.15) is 203 Å². The minimum atomic E-state index is -4.55. The van der Waals surface area contributed by atoms with E-state index in [1.165, 1.54) is 73.7 Å². The monoisotopic (exact) mass is 1510 g/mol. The van der Waals surface area contributed by atoms with E-state index >= 15 is 33.6 Å². The van der Waals surface area contributed by atoms with Crippen LogP contribution < -0.4 is 16.0 Å². The number of halogens is 7. The summed E-state index contributed by atoms with van der Waals surface area (Å²) in [5.41, 5.74) is -1.61. The Bertz CT molecular complexity index is 3110. The summed E-state index contributed by atoms with van der Waals surface area (Å²) in [4.78, 5) is 192. The Morgan fingerprint density at radius 2 is 1.18 bits per heavy atom. The predicted octanol–water partition coefficient (Wildman–Crippen LogP) is 7.27. The van der Waals surface area contributed by atoms with Gasteiger partial charge in [0.2, 0.25) is 70.9 Å². The zero-order valence-electron chi connectivity index (χ0n) is 63.9. The average Bonchev–Trinajstić information content (AvgIpc) is 1.64. The number of rotatable bonds is 12. The first kappa shape index (κ1) is 85.8. The van der Waals surface area contributed by atoms with Crippen molar-refractivity contribution in [2.24, 2.45) is 41.4 Å². The average molecular weight is 1520 g/mol. The molecule has 3 N–H and O–H groups in total. The summed E-state index contributed by atoms with van der Waals surface area (Å²) in [5, 5.41) is 7.41. The molecule has 7 rings (SSSR count). The molecule has 3 unspecified atom stereocenters. The predicted molar refractivity (Wildman–Crippen MR) is 379 cm³/mol. The molecule has 105 heavy (non-hydrogen) atoms. The molecule has 1 spiro atoms. The highest BCUT2D eigenvalue weighted by Gasteiger charge is 2.53. The van der Waals surface area contributed by atoms with Crippen molar-refractivity contribution in [3.63, 3.8) is 0 Å². The number of likely N-dealkylation sites (tertiary alicyclic amines) is 1. The Balaban J connectivity index is 1.29. The fourth-order valence-corrected chi connectivity index (χ4v) is 17.4. The van der Waals surface area contributed by atoms with E-state index in [1.807, 2.05) is 20.8 Å². The summed E-state index contributed by atoms with van der Waals surface area (Å²) in [6, 6.07) is -11.7. The molecule has 7 fully saturated rings. The lowest BCUT2D eigenvalue weighted by atomic mass is 9.78. The van der Waals surface area contributed by atoms with Gasteiger partial charge < -0.3 is 60.0 Å². The zero-order valence-corrected chi connectivity index (χ0v) is 64.6. The van der Waals surface area contributed by atoms with Crippen LogP contribution in [-0.2, 0) is 57.5 Å². The molecule has 7 aliphatic rings. The van der Waals surface area contributed by atoms with Crippen molar-refractivity contribution in [3.8, 4) is 0 Å². The normalized spacial score (nSPS) is 31.7. The van der Waals surface area contributed by atoms with Gasteiger partial charge in [-0.15, -0.1) is 11.6 Å². The van der Waals surface area contributed by atoms with Crippen LogP contribution in [0, 0.1) is 41.4 Å². The van der Waals surface area contributed by atoms with Crippen molar-refractivity contribution >= 4 is 82.5 Å². The largest absolute Gasteiger partial charge is 0.393 e. The van der Waals surface area contributed by atoms with Gasteiger partial charge in [0.05, 0.1) is 24.8 Å². The molecule has 12 amide bonds. The highest BCUT2D eigenvalue weighted by atomic mass is 35.5. The molecule has 31 heteroatoms. The third kappa shape index (κ3) is 20.5. The molecule has 4 heterocycles. The van der Waals surface area contributed by atoms with Gasteiger partial charge in [-0.3, -0.25) is 57.5 Å². The lowest BCUT2D eigenvalue weighted by Gasteiger charge is -2.45.